The third kappa shape index (κ3) is 3.37. The minimum atomic E-state index is -0.491. The van der Waals surface area contributed by atoms with Gasteiger partial charge in [-0.25, -0.2) is 0 Å². The molecule has 0 bridgehead atoms. The highest BCUT2D eigenvalue weighted by Gasteiger charge is 2.25. The maximum Gasteiger partial charge on any atom is 0.308 e. The fourth-order valence-electron chi connectivity index (χ4n) is 1.10. The normalized spacial score (nSPS) is 19.5. The van der Waals surface area contributed by atoms with Crippen molar-refractivity contribution in [3.8, 4) is 0 Å². The van der Waals surface area contributed by atoms with E-state index in [2.05, 4.69) is 4.74 Å². The molecule has 0 unspecified atom stereocenters. The molecule has 1 fully saturated rings. The first-order valence-electron chi connectivity index (χ1n) is 3.97. The van der Waals surface area contributed by atoms with E-state index in [9.17, 15) is 9.90 Å². The van der Waals surface area contributed by atoms with Crippen molar-refractivity contribution in [2.75, 3.05) is 7.11 Å². The first-order chi connectivity index (χ1) is 5.22. The van der Waals surface area contributed by atoms with Gasteiger partial charge < -0.3 is 9.84 Å². The molecule has 1 aliphatic rings. The third-order valence-corrected chi connectivity index (χ3v) is 1.93. The molecule has 1 saturated carbocycles. The van der Waals surface area contributed by atoms with Gasteiger partial charge in [0.25, 0.3) is 0 Å². The molecule has 1 atom stereocenters. The molecule has 0 amide bonds. The van der Waals surface area contributed by atoms with E-state index >= 15 is 0 Å². The number of aliphatic hydroxyl groups is 1. The predicted octanol–water partition coefficient (Wildman–Crippen LogP) is 0.710. The summed E-state index contributed by atoms with van der Waals surface area (Å²) in [6, 6.07) is 0. The molecule has 11 heavy (non-hydrogen) atoms. The molecular weight excluding hydrogens is 144 g/mol. The van der Waals surface area contributed by atoms with Crippen LogP contribution in [0.25, 0.3) is 0 Å². The van der Waals surface area contributed by atoms with Crippen LogP contribution in [0.15, 0.2) is 0 Å². The highest BCUT2D eigenvalue weighted by atomic mass is 16.5. The summed E-state index contributed by atoms with van der Waals surface area (Å²) in [6.07, 6.45) is 2.83. The molecule has 0 aromatic rings. The maximum absolute atomic E-state index is 10.6. The number of esters is 1. The third-order valence-electron chi connectivity index (χ3n) is 1.93. The molecule has 0 aromatic heterocycles. The Hall–Kier alpha value is -0.570. The van der Waals surface area contributed by atoms with Gasteiger partial charge in [0, 0.05) is 0 Å². The Morgan fingerprint density at radius 3 is 2.82 bits per heavy atom. The van der Waals surface area contributed by atoms with Crippen molar-refractivity contribution in [1.29, 1.82) is 0 Å². The number of rotatable bonds is 4. The summed E-state index contributed by atoms with van der Waals surface area (Å²) in [6.45, 7) is 0. The summed E-state index contributed by atoms with van der Waals surface area (Å²) in [5.74, 6) is 0.341. The topological polar surface area (TPSA) is 46.5 Å². The van der Waals surface area contributed by atoms with E-state index in [1.165, 1.54) is 20.0 Å². The fourth-order valence-corrected chi connectivity index (χ4v) is 1.10. The van der Waals surface area contributed by atoms with E-state index in [0.29, 0.717) is 5.92 Å². The molecule has 0 aliphatic heterocycles. The lowest BCUT2D eigenvalue weighted by atomic mass is 10.1. The summed E-state index contributed by atoms with van der Waals surface area (Å²) in [7, 11) is 1.34. The fraction of sp³-hybridized carbons (Fsp3) is 0.875. The first-order valence-corrected chi connectivity index (χ1v) is 3.97. The summed E-state index contributed by atoms with van der Waals surface area (Å²) >= 11 is 0. The van der Waals surface area contributed by atoms with Crippen molar-refractivity contribution in [1.82, 2.24) is 0 Å². The van der Waals surface area contributed by atoms with Crippen molar-refractivity contribution < 1.29 is 14.6 Å². The lowest BCUT2D eigenvalue weighted by Crippen LogP contribution is -2.14. The van der Waals surface area contributed by atoms with Crippen LogP contribution in [-0.2, 0) is 9.53 Å². The zero-order chi connectivity index (χ0) is 8.27. The Bertz CT molecular complexity index is 140. The van der Waals surface area contributed by atoms with Crippen LogP contribution < -0.4 is 0 Å². The molecule has 3 heteroatoms. The van der Waals surface area contributed by atoms with Crippen molar-refractivity contribution in [2.45, 2.75) is 31.8 Å². The Labute approximate surface area is 66.4 Å². The average Bonchev–Trinajstić information content (AvgIpc) is 2.71. The van der Waals surface area contributed by atoms with Gasteiger partial charge in [0.1, 0.15) is 0 Å². The highest BCUT2D eigenvalue weighted by molar-refractivity contribution is 5.69. The van der Waals surface area contributed by atoms with Crippen LogP contribution in [0.1, 0.15) is 25.7 Å². The number of hydrogen-bond donors (Lipinski definition) is 1. The van der Waals surface area contributed by atoms with Crippen LogP contribution in [-0.4, -0.2) is 24.3 Å². The van der Waals surface area contributed by atoms with Crippen molar-refractivity contribution in [3.63, 3.8) is 0 Å². The van der Waals surface area contributed by atoms with E-state index in [1.54, 1.807) is 0 Å². The smallest absolute Gasteiger partial charge is 0.308 e. The maximum atomic E-state index is 10.6. The molecule has 0 heterocycles. The Morgan fingerprint density at radius 2 is 2.36 bits per heavy atom. The summed E-state index contributed by atoms with van der Waals surface area (Å²) in [4.78, 5) is 10.6. The predicted molar refractivity (Wildman–Crippen MR) is 40.0 cm³/mol. The zero-order valence-corrected chi connectivity index (χ0v) is 6.75. The highest BCUT2D eigenvalue weighted by Crippen LogP contribution is 2.33. The molecule has 0 radical (unpaired) electrons. The van der Waals surface area contributed by atoms with Crippen molar-refractivity contribution in [3.05, 3.63) is 0 Å². The minimum absolute atomic E-state index is 0.146. The first kappa shape index (κ1) is 8.53. The lowest BCUT2D eigenvalue weighted by molar-refractivity contribution is -0.142. The average molecular weight is 158 g/mol. The summed E-state index contributed by atoms with van der Waals surface area (Å²) in [5, 5.41) is 9.26. The Morgan fingerprint density at radius 1 is 1.73 bits per heavy atom. The van der Waals surface area contributed by atoms with Crippen LogP contribution in [0.3, 0.4) is 0 Å². The second kappa shape index (κ2) is 3.72. The van der Waals surface area contributed by atoms with Gasteiger partial charge in [0.15, 0.2) is 0 Å². The van der Waals surface area contributed by atoms with E-state index in [0.717, 1.165) is 6.42 Å². The number of ether oxygens (including phenoxy) is 1. The van der Waals surface area contributed by atoms with E-state index in [-0.39, 0.29) is 12.4 Å². The van der Waals surface area contributed by atoms with Crippen LogP contribution >= 0.6 is 0 Å². The second-order valence-electron chi connectivity index (χ2n) is 3.11. The van der Waals surface area contributed by atoms with Crippen molar-refractivity contribution in [2.24, 2.45) is 5.92 Å². The zero-order valence-electron chi connectivity index (χ0n) is 6.75. The van der Waals surface area contributed by atoms with E-state index in [4.69, 9.17) is 0 Å². The Balaban J connectivity index is 2.08. The standard InChI is InChI=1S/C8H14O3/c1-11-8(10)5-7(9)4-6-2-3-6/h6-7,9H,2-5H2,1H3/t7-/m1/s1. The van der Waals surface area contributed by atoms with Crippen LogP contribution in [0.2, 0.25) is 0 Å². The van der Waals surface area contributed by atoms with Gasteiger partial charge in [0.2, 0.25) is 0 Å². The van der Waals surface area contributed by atoms with Crippen LogP contribution in [0, 0.1) is 5.92 Å². The molecule has 1 aliphatic carbocycles. The molecule has 0 saturated heterocycles. The van der Waals surface area contributed by atoms with Gasteiger partial charge in [-0.1, -0.05) is 12.8 Å². The quantitative estimate of drug-likeness (QED) is 0.613. The second-order valence-corrected chi connectivity index (χ2v) is 3.11. The molecule has 1 rings (SSSR count). The number of aliphatic hydroxyl groups excluding tert-OH is 1. The number of methoxy groups -OCH3 is 1. The molecule has 64 valence electrons. The lowest BCUT2D eigenvalue weighted by Gasteiger charge is -2.06. The molecular formula is C8H14O3. The monoisotopic (exact) mass is 158 g/mol. The number of hydrogen-bond acceptors (Lipinski definition) is 3. The van der Waals surface area contributed by atoms with E-state index in [1.807, 2.05) is 0 Å². The molecule has 3 nitrogen and oxygen atoms in total. The van der Waals surface area contributed by atoms with Crippen molar-refractivity contribution >= 4 is 5.97 Å². The van der Waals surface area contributed by atoms with Gasteiger partial charge >= 0.3 is 5.97 Å². The largest absolute Gasteiger partial charge is 0.469 e. The van der Waals surface area contributed by atoms with Gasteiger partial charge in [0.05, 0.1) is 19.6 Å². The minimum Gasteiger partial charge on any atom is -0.469 e. The van der Waals surface area contributed by atoms with Crippen LogP contribution in [0.5, 0.6) is 0 Å². The van der Waals surface area contributed by atoms with Gasteiger partial charge in [-0.15, -0.1) is 0 Å². The Kier molecular flexibility index (Phi) is 2.88. The molecule has 0 spiro atoms. The van der Waals surface area contributed by atoms with Gasteiger partial charge in [-0.05, 0) is 12.3 Å². The van der Waals surface area contributed by atoms with E-state index < -0.39 is 6.10 Å². The SMILES string of the molecule is COC(=O)C[C@H](O)CC1CC1. The van der Waals surface area contributed by atoms with Gasteiger partial charge in [-0.2, -0.15) is 0 Å². The summed E-state index contributed by atoms with van der Waals surface area (Å²) in [5.41, 5.74) is 0. The molecule has 1 N–H and O–H groups in total. The van der Waals surface area contributed by atoms with Crippen LogP contribution in [0.4, 0.5) is 0 Å². The molecule has 0 aromatic carbocycles. The van der Waals surface area contributed by atoms with Gasteiger partial charge in [-0.3, -0.25) is 4.79 Å². The number of carbonyl (C=O) groups excluding carboxylic acids is 1. The summed E-state index contributed by atoms with van der Waals surface area (Å²) < 4.78 is 4.42. The number of carbonyl (C=O) groups is 1.